The van der Waals surface area contributed by atoms with Crippen molar-refractivity contribution < 1.29 is 0 Å². The molecule has 1 N–H and O–H groups in total. The lowest BCUT2D eigenvalue weighted by Crippen LogP contribution is -2.20. The molecule has 2 aromatic rings. The van der Waals surface area contributed by atoms with Crippen LogP contribution in [0.4, 0.5) is 11.9 Å². The van der Waals surface area contributed by atoms with Gasteiger partial charge in [-0.25, -0.2) is 0 Å². The average Bonchev–Trinajstić information content (AvgIpc) is 2.81. The van der Waals surface area contributed by atoms with Crippen molar-refractivity contribution in [3.05, 3.63) is 26.6 Å². The van der Waals surface area contributed by atoms with Crippen molar-refractivity contribution in [2.24, 2.45) is 0 Å². The minimum Gasteiger partial charge on any atom is -0.354 e. The number of nitrogens with one attached hydrogen (secondary N) is 1. The van der Waals surface area contributed by atoms with Crippen molar-refractivity contribution in [2.45, 2.75) is 19.9 Å². The van der Waals surface area contributed by atoms with Crippen molar-refractivity contribution in [3.8, 4) is 0 Å². The molecule has 0 aromatic carbocycles. The van der Waals surface area contributed by atoms with Gasteiger partial charge in [-0.15, -0.1) is 11.3 Å². The summed E-state index contributed by atoms with van der Waals surface area (Å²) in [4.78, 5) is 15.6. The fourth-order valence-electron chi connectivity index (χ4n) is 1.57. The van der Waals surface area contributed by atoms with Gasteiger partial charge in [-0.1, -0.05) is 18.5 Å². The molecule has 108 valence electrons. The number of hydrogen-bond donors (Lipinski definition) is 1. The second-order valence-electron chi connectivity index (χ2n) is 4.22. The van der Waals surface area contributed by atoms with Gasteiger partial charge in [0.1, 0.15) is 0 Å². The third kappa shape index (κ3) is 4.19. The van der Waals surface area contributed by atoms with Crippen molar-refractivity contribution in [2.75, 3.05) is 23.8 Å². The summed E-state index contributed by atoms with van der Waals surface area (Å²) in [5, 5.41) is 3.29. The Morgan fingerprint density at radius 2 is 2.05 bits per heavy atom. The van der Waals surface area contributed by atoms with E-state index in [1.807, 2.05) is 24.1 Å². The molecule has 2 rings (SSSR count). The number of thiophene rings is 1. The summed E-state index contributed by atoms with van der Waals surface area (Å²) in [5.41, 5.74) is 0. The molecular formula is C12H15Cl2N5S. The quantitative estimate of drug-likeness (QED) is 0.874. The molecular weight excluding hydrogens is 317 g/mol. The maximum atomic E-state index is 5.93. The first kappa shape index (κ1) is 15.3. The average molecular weight is 332 g/mol. The first-order valence-corrected chi connectivity index (χ1v) is 7.76. The monoisotopic (exact) mass is 331 g/mol. The molecule has 0 aliphatic heterocycles. The van der Waals surface area contributed by atoms with E-state index in [9.17, 15) is 0 Å². The molecule has 5 nitrogen and oxygen atoms in total. The van der Waals surface area contributed by atoms with Crippen LogP contribution in [0.25, 0.3) is 0 Å². The van der Waals surface area contributed by atoms with Crippen LogP contribution in [0.15, 0.2) is 12.1 Å². The van der Waals surface area contributed by atoms with Gasteiger partial charge in [-0.05, 0) is 30.2 Å². The van der Waals surface area contributed by atoms with Crippen molar-refractivity contribution in [1.29, 1.82) is 0 Å². The van der Waals surface area contributed by atoms with Crippen LogP contribution in [0.3, 0.4) is 0 Å². The van der Waals surface area contributed by atoms with Crippen LogP contribution in [0, 0.1) is 0 Å². The van der Waals surface area contributed by atoms with Crippen molar-refractivity contribution >= 4 is 46.4 Å². The van der Waals surface area contributed by atoms with Crippen molar-refractivity contribution in [1.82, 2.24) is 15.0 Å². The third-order valence-corrected chi connectivity index (χ3v) is 3.88. The maximum Gasteiger partial charge on any atom is 0.231 e. The zero-order valence-electron chi connectivity index (χ0n) is 11.2. The summed E-state index contributed by atoms with van der Waals surface area (Å²) >= 11 is 13.4. The van der Waals surface area contributed by atoms with E-state index in [-0.39, 0.29) is 5.28 Å². The highest BCUT2D eigenvalue weighted by atomic mass is 35.5. The Morgan fingerprint density at radius 3 is 2.70 bits per heavy atom. The van der Waals surface area contributed by atoms with Crippen molar-refractivity contribution in [3.63, 3.8) is 0 Å². The van der Waals surface area contributed by atoms with E-state index in [2.05, 4.69) is 27.2 Å². The molecule has 0 saturated heterocycles. The lowest BCUT2D eigenvalue weighted by atomic mass is 10.4. The molecule has 0 amide bonds. The lowest BCUT2D eigenvalue weighted by Gasteiger charge is -2.16. The predicted molar refractivity (Wildman–Crippen MR) is 85.1 cm³/mol. The highest BCUT2D eigenvalue weighted by Gasteiger charge is 2.10. The number of anilines is 2. The number of aromatic nitrogens is 3. The van der Waals surface area contributed by atoms with E-state index in [4.69, 9.17) is 23.2 Å². The number of hydrogen-bond acceptors (Lipinski definition) is 6. The zero-order valence-corrected chi connectivity index (χ0v) is 13.6. The van der Waals surface area contributed by atoms with Gasteiger partial charge in [0.15, 0.2) is 0 Å². The van der Waals surface area contributed by atoms with Gasteiger partial charge in [0, 0.05) is 18.5 Å². The fourth-order valence-corrected chi connectivity index (χ4v) is 2.86. The highest BCUT2D eigenvalue weighted by molar-refractivity contribution is 7.16. The topological polar surface area (TPSA) is 53.9 Å². The molecule has 2 aromatic heterocycles. The highest BCUT2D eigenvalue weighted by Crippen LogP contribution is 2.23. The Labute approximate surface area is 132 Å². The van der Waals surface area contributed by atoms with Gasteiger partial charge >= 0.3 is 0 Å². The Morgan fingerprint density at radius 1 is 1.25 bits per heavy atom. The fraction of sp³-hybridized carbons (Fsp3) is 0.417. The Kier molecular flexibility index (Phi) is 5.39. The minimum absolute atomic E-state index is 0.185. The molecule has 0 bridgehead atoms. The van der Waals surface area contributed by atoms with E-state index in [0.29, 0.717) is 18.4 Å². The molecule has 8 heteroatoms. The molecule has 0 unspecified atom stereocenters. The Bertz CT molecular complexity index is 575. The van der Waals surface area contributed by atoms with Crippen LogP contribution in [0.5, 0.6) is 0 Å². The summed E-state index contributed by atoms with van der Waals surface area (Å²) in [6, 6.07) is 3.87. The Balaban J connectivity index is 2.12. The molecule has 0 radical (unpaired) electrons. The van der Waals surface area contributed by atoms with E-state index in [1.165, 1.54) is 11.3 Å². The summed E-state index contributed by atoms with van der Waals surface area (Å²) in [7, 11) is 1.91. The smallest absolute Gasteiger partial charge is 0.231 e. The van der Waals surface area contributed by atoms with Gasteiger partial charge in [0.2, 0.25) is 17.2 Å². The third-order valence-electron chi connectivity index (χ3n) is 2.49. The molecule has 0 aliphatic rings. The van der Waals surface area contributed by atoms with E-state index >= 15 is 0 Å². The molecule has 0 aliphatic carbocycles. The molecule has 2 heterocycles. The van der Waals surface area contributed by atoms with E-state index in [1.54, 1.807) is 0 Å². The predicted octanol–water partition coefficient (Wildman–Crippen LogP) is 3.70. The normalized spacial score (nSPS) is 10.6. The number of nitrogens with zero attached hydrogens (tertiary/aromatic N) is 4. The molecule has 0 saturated carbocycles. The van der Waals surface area contributed by atoms with Crippen LogP contribution >= 0.6 is 34.5 Å². The largest absolute Gasteiger partial charge is 0.354 e. The molecule has 20 heavy (non-hydrogen) atoms. The summed E-state index contributed by atoms with van der Waals surface area (Å²) < 4.78 is 0.771. The zero-order chi connectivity index (χ0) is 14.5. The number of rotatable bonds is 6. The first-order valence-electron chi connectivity index (χ1n) is 6.19. The van der Waals surface area contributed by atoms with Gasteiger partial charge in [-0.2, -0.15) is 15.0 Å². The summed E-state index contributed by atoms with van der Waals surface area (Å²) in [5.74, 6) is 1.03. The first-order chi connectivity index (χ1) is 9.58. The number of halogens is 2. The summed E-state index contributed by atoms with van der Waals surface area (Å²) in [6.45, 7) is 3.54. The standard InChI is InChI=1S/C12H15Cl2N5S/c1-3-6-15-11-16-10(14)17-12(18-11)19(2)7-8-4-5-9(13)20-8/h4-5H,3,6-7H2,1-2H3,(H,15,16,17,18). The van der Waals surface area contributed by atoms with Gasteiger partial charge in [0.25, 0.3) is 0 Å². The maximum absolute atomic E-state index is 5.93. The van der Waals surface area contributed by atoms with Crippen LogP contribution in [0.1, 0.15) is 18.2 Å². The second-order valence-corrected chi connectivity index (χ2v) is 6.35. The van der Waals surface area contributed by atoms with Gasteiger partial charge in [0.05, 0.1) is 10.9 Å². The van der Waals surface area contributed by atoms with Crippen LogP contribution < -0.4 is 10.2 Å². The van der Waals surface area contributed by atoms with Crippen LogP contribution in [-0.2, 0) is 6.54 Å². The Hall–Kier alpha value is -1.11. The lowest BCUT2D eigenvalue weighted by molar-refractivity contribution is 0.856. The van der Waals surface area contributed by atoms with Gasteiger partial charge < -0.3 is 10.2 Å². The van der Waals surface area contributed by atoms with E-state index < -0.39 is 0 Å². The summed E-state index contributed by atoms with van der Waals surface area (Å²) in [6.07, 6.45) is 0.988. The second kappa shape index (κ2) is 7.06. The van der Waals surface area contributed by atoms with Crippen LogP contribution in [0.2, 0.25) is 9.62 Å². The minimum atomic E-state index is 0.185. The van der Waals surface area contributed by atoms with Gasteiger partial charge in [-0.3, -0.25) is 0 Å². The molecule has 0 atom stereocenters. The van der Waals surface area contributed by atoms with Crippen LogP contribution in [-0.4, -0.2) is 28.5 Å². The molecule has 0 fully saturated rings. The molecule has 0 spiro atoms. The SMILES string of the molecule is CCCNc1nc(Cl)nc(N(C)Cc2ccc(Cl)s2)n1. The van der Waals surface area contributed by atoms with E-state index in [0.717, 1.165) is 22.2 Å².